The van der Waals surface area contributed by atoms with Crippen LogP contribution in [0.3, 0.4) is 0 Å². The van der Waals surface area contributed by atoms with Gasteiger partial charge >= 0.3 is 5.97 Å². The van der Waals surface area contributed by atoms with Crippen LogP contribution in [0.4, 0.5) is 0 Å². The first kappa shape index (κ1) is 70.4. The Morgan fingerprint density at radius 1 is 0.486 bits per heavy atom. The van der Waals surface area contributed by atoms with Crippen molar-refractivity contribution in [3.05, 3.63) is 12.2 Å². The van der Waals surface area contributed by atoms with Gasteiger partial charge in [0, 0.05) is 6.42 Å². The van der Waals surface area contributed by atoms with E-state index in [4.69, 9.17) is 61.9 Å². The number of carbonyl (C=O) groups is 1. The van der Waals surface area contributed by atoms with E-state index in [1.807, 2.05) is 6.92 Å². The molecule has 0 aromatic carbocycles. The van der Waals surface area contributed by atoms with Crippen molar-refractivity contribution in [3.63, 3.8) is 0 Å². The molecule has 0 radical (unpaired) electrons. The van der Waals surface area contributed by atoms with Crippen molar-refractivity contribution in [1.29, 1.82) is 0 Å². The van der Waals surface area contributed by atoms with E-state index >= 15 is 0 Å². The van der Waals surface area contributed by atoms with E-state index in [1.165, 1.54) is 38.5 Å². The Labute approximate surface area is 440 Å². The molecule has 1 heterocycles. The van der Waals surface area contributed by atoms with Gasteiger partial charge in [-0.1, -0.05) is 77.4 Å². The fourth-order valence-electron chi connectivity index (χ4n) is 7.11. The van der Waals surface area contributed by atoms with E-state index < -0.39 is 87.0 Å². The molecule has 1 rings (SSSR count). The fourth-order valence-corrected chi connectivity index (χ4v) is 7.11. The maximum atomic E-state index is 12.4. The topological polar surface area (TPSA) is 310 Å². The molecule has 11 atom stereocenters. The van der Waals surface area contributed by atoms with E-state index in [0.29, 0.717) is 12.8 Å². The Balaban J connectivity index is 2.68. The van der Waals surface area contributed by atoms with Crippen molar-refractivity contribution in [2.24, 2.45) is 0 Å². The third-order valence-electron chi connectivity index (χ3n) is 11.5. The Morgan fingerprint density at radius 3 is 1.53 bits per heavy atom. The van der Waals surface area contributed by atoms with Gasteiger partial charge in [-0.05, 0) is 38.5 Å². The number of hydrogen-bond acceptors (Lipinski definition) is 22. The number of aliphatic hydroxyl groups excluding tert-OH is 9. The molecule has 0 bridgehead atoms. The average Bonchev–Trinajstić information content (AvgIpc) is 3.40. The summed E-state index contributed by atoms with van der Waals surface area (Å²) in [6.45, 7) is 1.19. The van der Waals surface area contributed by atoms with Crippen molar-refractivity contribution in [3.8, 4) is 0 Å². The zero-order chi connectivity index (χ0) is 54.3. The second kappa shape index (κ2) is 49.7. The van der Waals surface area contributed by atoms with Gasteiger partial charge in [0.05, 0.1) is 138 Å². The molecule has 0 aromatic rings. The molecule has 22 nitrogen and oxygen atoms in total. The number of unbranched alkanes of at least 4 members (excludes halogenated alkanes) is 11. The number of ether oxygens (including phenoxy) is 12. The molecule has 440 valence electrons. The van der Waals surface area contributed by atoms with Crippen LogP contribution in [-0.2, 0) is 61.6 Å². The summed E-state index contributed by atoms with van der Waals surface area (Å²) in [6.07, 6.45) is 11.0. The van der Waals surface area contributed by atoms with Gasteiger partial charge in [0.15, 0.2) is 0 Å². The molecule has 1 aliphatic rings. The van der Waals surface area contributed by atoms with Crippen LogP contribution in [0.1, 0.15) is 110 Å². The predicted octanol–water partition coefficient (Wildman–Crippen LogP) is 1.16. The predicted molar refractivity (Wildman–Crippen MR) is 272 cm³/mol. The molecule has 0 spiro atoms. The molecule has 0 aromatic heterocycles. The highest BCUT2D eigenvalue weighted by Crippen LogP contribution is 2.13. The zero-order valence-electron chi connectivity index (χ0n) is 44.8. The van der Waals surface area contributed by atoms with Gasteiger partial charge in [0.1, 0.15) is 67.6 Å². The molecule has 9 N–H and O–H groups in total. The SMILES string of the molecule is CCCCCCCC/C=C\CCCCCCCC(=O)OCC(CO)OCC(O)COCC(COCC(COCC(O)COCC(O)CO)OC(COCC(O)CC)COCC1COCC(CO)O1)OCC(O)CO. The Bertz CT molecular complexity index is 1260. The minimum Gasteiger partial charge on any atom is -0.463 e. The molecule has 11 unspecified atom stereocenters. The Morgan fingerprint density at radius 2 is 0.946 bits per heavy atom. The average molecular weight is 1080 g/mol. The van der Waals surface area contributed by atoms with Gasteiger partial charge < -0.3 is 103 Å². The Hall–Kier alpha value is -1.59. The van der Waals surface area contributed by atoms with Gasteiger partial charge in [0.2, 0.25) is 0 Å². The highest BCUT2D eigenvalue weighted by Gasteiger charge is 2.26. The summed E-state index contributed by atoms with van der Waals surface area (Å²) in [6, 6.07) is 0. The van der Waals surface area contributed by atoms with Crippen molar-refractivity contribution in [2.75, 3.05) is 139 Å². The molecule has 0 aliphatic carbocycles. The van der Waals surface area contributed by atoms with Crippen LogP contribution in [0.25, 0.3) is 0 Å². The third kappa shape index (κ3) is 41.5. The van der Waals surface area contributed by atoms with Crippen LogP contribution in [0.5, 0.6) is 0 Å². The standard InChI is InChI=1S/C52H100O22/c1-3-5-6-7-8-9-10-11-12-13-14-15-16-17-18-19-52(62)72-40-46(22-55)70-30-45(61)28-65-32-48(71-29-43(59)21-54)33-68-38-51(35-66-27-44(60)26-63-25-42(58)20-53)74-50(34-64-24-41(57)4-2)39-69-37-49-36-67-31-47(23-56)73-49/h11-12,41-51,53-61H,3-10,13-40H2,1-2H3/b12-11-. The summed E-state index contributed by atoms with van der Waals surface area (Å²) in [4.78, 5) is 12.4. The van der Waals surface area contributed by atoms with Crippen LogP contribution in [0.2, 0.25) is 0 Å². The Kier molecular flexibility index (Phi) is 47.3. The number of esters is 1. The molecule has 22 heteroatoms. The number of hydrogen-bond donors (Lipinski definition) is 9. The molecule has 0 amide bonds. The van der Waals surface area contributed by atoms with Gasteiger partial charge in [-0.15, -0.1) is 0 Å². The molecule has 1 fully saturated rings. The normalized spacial score (nSPS) is 19.0. The highest BCUT2D eigenvalue weighted by molar-refractivity contribution is 5.69. The van der Waals surface area contributed by atoms with E-state index in [-0.39, 0.29) is 131 Å². The van der Waals surface area contributed by atoms with Gasteiger partial charge in [-0.2, -0.15) is 0 Å². The summed E-state index contributed by atoms with van der Waals surface area (Å²) in [7, 11) is 0. The molecular formula is C52H100O22. The lowest BCUT2D eigenvalue weighted by Crippen LogP contribution is -2.42. The van der Waals surface area contributed by atoms with Gasteiger partial charge in [-0.25, -0.2) is 0 Å². The van der Waals surface area contributed by atoms with Crippen LogP contribution < -0.4 is 0 Å². The first-order valence-corrected chi connectivity index (χ1v) is 27.2. The molecule has 1 saturated heterocycles. The number of allylic oxidation sites excluding steroid dienone is 2. The second-order valence-corrected chi connectivity index (χ2v) is 18.9. The van der Waals surface area contributed by atoms with Crippen LogP contribution in [0.15, 0.2) is 12.2 Å². The lowest BCUT2D eigenvalue weighted by molar-refractivity contribution is -0.180. The van der Waals surface area contributed by atoms with E-state index in [2.05, 4.69) is 19.1 Å². The lowest BCUT2D eigenvalue weighted by Gasteiger charge is -2.30. The van der Waals surface area contributed by atoms with Crippen LogP contribution in [0, 0.1) is 0 Å². The minimum atomic E-state index is -1.19. The molecule has 74 heavy (non-hydrogen) atoms. The zero-order valence-corrected chi connectivity index (χ0v) is 44.8. The number of aliphatic hydroxyl groups is 9. The van der Waals surface area contributed by atoms with Gasteiger partial charge in [0.25, 0.3) is 0 Å². The van der Waals surface area contributed by atoms with Crippen molar-refractivity contribution in [1.82, 2.24) is 0 Å². The summed E-state index contributed by atoms with van der Waals surface area (Å²) in [5.41, 5.74) is 0. The summed E-state index contributed by atoms with van der Waals surface area (Å²) < 4.78 is 68.7. The lowest BCUT2D eigenvalue weighted by atomic mass is 10.1. The smallest absolute Gasteiger partial charge is 0.305 e. The highest BCUT2D eigenvalue weighted by atomic mass is 16.6. The number of rotatable bonds is 54. The van der Waals surface area contributed by atoms with E-state index in [9.17, 15) is 45.6 Å². The minimum absolute atomic E-state index is 0.00547. The monoisotopic (exact) mass is 1080 g/mol. The first-order valence-electron chi connectivity index (χ1n) is 27.2. The maximum absolute atomic E-state index is 12.4. The molecular weight excluding hydrogens is 977 g/mol. The molecule has 1 aliphatic heterocycles. The summed E-state index contributed by atoms with van der Waals surface area (Å²) >= 11 is 0. The fraction of sp³-hybridized carbons (Fsp3) is 0.942. The summed E-state index contributed by atoms with van der Waals surface area (Å²) in [5, 5.41) is 88.4. The first-order chi connectivity index (χ1) is 36.0. The number of carbonyl (C=O) groups excluding carboxylic acids is 1. The quantitative estimate of drug-likeness (QED) is 0.0235. The second-order valence-electron chi connectivity index (χ2n) is 18.9. The van der Waals surface area contributed by atoms with Crippen LogP contribution >= 0.6 is 0 Å². The van der Waals surface area contributed by atoms with Crippen molar-refractivity contribution in [2.45, 2.75) is 177 Å². The van der Waals surface area contributed by atoms with E-state index in [0.717, 1.165) is 38.5 Å². The van der Waals surface area contributed by atoms with Crippen LogP contribution in [-0.4, -0.2) is 258 Å². The van der Waals surface area contributed by atoms with Crippen molar-refractivity contribution >= 4 is 5.97 Å². The van der Waals surface area contributed by atoms with E-state index in [1.54, 1.807) is 0 Å². The molecule has 0 saturated carbocycles. The van der Waals surface area contributed by atoms with Gasteiger partial charge in [-0.3, -0.25) is 4.79 Å². The van der Waals surface area contributed by atoms with Crippen molar-refractivity contribution < 1.29 is 108 Å². The summed E-state index contributed by atoms with van der Waals surface area (Å²) in [5.74, 6) is -0.378. The largest absolute Gasteiger partial charge is 0.463 e. The third-order valence-corrected chi connectivity index (χ3v) is 11.5. The maximum Gasteiger partial charge on any atom is 0.305 e.